The minimum atomic E-state index is -0.966. The van der Waals surface area contributed by atoms with E-state index in [-0.39, 0.29) is 31.3 Å². The summed E-state index contributed by atoms with van der Waals surface area (Å²) in [6.45, 7) is 0.987. The summed E-state index contributed by atoms with van der Waals surface area (Å²) in [5.74, 6) is -2.29. The second-order valence-electron chi connectivity index (χ2n) is 7.92. The number of amides is 3. The molecule has 2 aromatic rings. The molecule has 34 heavy (non-hydrogen) atoms. The first-order valence-corrected chi connectivity index (χ1v) is 10.3. The summed E-state index contributed by atoms with van der Waals surface area (Å²) < 4.78 is 46.3. The number of benzene rings is 1. The van der Waals surface area contributed by atoms with Gasteiger partial charge in [-0.3, -0.25) is 14.4 Å². The van der Waals surface area contributed by atoms with Crippen LogP contribution in [0.2, 0.25) is 0 Å². The zero-order valence-electron chi connectivity index (χ0n) is 18.8. The molecule has 4 rings (SSSR count). The van der Waals surface area contributed by atoms with Crippen LogP contribution in [-0.2, 0) is 39.1 Å². The maximum atomic E-state index is 15.0. The minimum absolute atomic E-state index is 0.0408. The van der Waals surface area contributed by atoms with E-state index in [0.29, 0.717) is 13.1 Å². The quantitative estimate of drug-likeness (QED) is 0.581. The van der Waals surface area contributed by atoms with Crippen LogP contribution in [0.4, 0.5) is 29.7 Å². The van der Waals surface area contributed by atoms with Crippen molar-refractivity contribution in [2.75, 3.05) is 36.8 Å². The summed E-state index contributed by atoms with van der Waals surface area (Å²) in [4.78, 5) is 39.6. The highest BCUT2D eigenvalue weighted by Crippen LogP contribution is 2.35. The second-order valence-corrected chi connectivity index (χ2v) is 7.92. The maximum Gasteiger partial charge on any atom is 0.418 e. The van der Waals surface area contributed by atoms with E-state index in [1.165, 1.54) is 7.11 Å². The average molecular weight is 479 g/mol. The number of anilines is 2. The van der Waals surface area contributed by atoms with Gasteiger partial charge in [0.05, 0.1) is 37.2 Å². The molecule has 0 saturated carbocycles. The number of rotatable bonds is 6. The Morgan fingerprint density at radius 2 is 1.97 bits per heavy atom. The standard InChI is InChI=1S/C21H23F2N5O6/c1-12(29)27(20(30)33-11-32-3)8-15-9-28(21(31)34-15)14-4-16(22)19(17(23)5-14)26-7-13-6-24-25(2)18(13)10-26/h4-6,15H,7-11H2,1-3H3. The zero-order chi connectivity index (χ0) is 24.6. The topological polar surface area (TPSA) is 106 Å². The third-order valence-corrected chi connectivity index (χ3v) is 5.64. The number of aryl methyl sites for hydroxylation is 1. The summed E-state index contributed by atoms with van der Waals surface area (Å²) in [6, 6.07) is 2.11. The highest BCUT2D eigenvalue weighted by molar-refractivity contribution is 5.92. The van der Waals surface area contributed by atoms with Gasteiger partial charge in [0.1, 0.15) is 11.8 Å². The molecule has 0 radical (unpaired) electrons. The van der Waals surface area contributed by atoms with E-state index in [2.05, 4.69) is 9.84 Å². The van der Waals surface area contributed by atoms with Crippen LogP contribution in [0.1, 0.15) is 18.2 Å². The normalized spacial score (nSPS) is 17.1. The lowest BCUT2D eigenvalue weighted by atomic mass is 10.2. The molecule has 0 N–H and O–H groups in total. The predicted molar refractivity (Wildman–Crippen MR) is 113 cm³/mol. The summed E-state index contributed by atoms with van der Waals surface area (Å²) in [7, 11) is 3.07. The van der Waals surface area contributed by atoms with E-state index < -0.39 is 35.8 Å². The molecule has 0 aliphatic carbocycles. The lowest BCUT2D eigenvalue weighted by molar-refractivity contribution is -0.129. The summed E-state index contributed by atoms with van der Waals surface area (Å²) >= 11 is 0. The first-order valence-electron chi connectivity index (χ1n) is 10.3. The van der Waals surface area contributed by atoms with Crippen molar-refractivity contribution in [2.45, 2.75) is 26.1 Å². The number of hydrogen-bond donors (Lipinski definition) is 0. The molecule has 2 aliphatic rings. The molecule has 1 saturated heterocycles. The van der Waals surface area contributed by atoms with Crippen LogP contribution in [0, 0.1) is 11.6 Å². The molecule has 1 atom stereocenters. The number of imide groups is 1. The van der Waals surface area contributed by atoms with Gasteiger partial charge in [-0.05, 0) is 0 Å². The van der Waals surface area contributed by atoms with E-state index in [1.807, 2.05) is 0 Å². The van der Waals surface area contributed by atoms with Crippen LogP contribution < -0.4 is 9.80 Å². The van der Waals surface area contributed by atoms with Crippen molar-refractivity contribution in [3.63, 3.8) is 0 Å². The highest BCUT2D eigenvalue weighted by Gasteiger charge is 2.37. The second kappa shape index (κ2) is 9.25. The largest absolute Gasteiger partial charge is 0.442 e. The maximum absolute atomic E-state index is 15.0. The number of carbonyl (C=O) groups is 3. The van der Waals surface area contributed by atoms with Crippen LogP contribution in [0.3, 0.4) is 0 Å². The van der Waals surface area contributed by atoms with Gasteiger partial charge in [0.15, 0.2) is 18.4 Å². The molecule has 182 valence electrons. The van der Waals surface area contributed by atoms with Crippen LogP contribution in [-0.4, -0.2) is 65.9 Å². The van der Waals surface area contributed by atoms with Gasteiger partial charge in [0, 0.05) is 45.3 Å². The molecule has 1 aromatic carbocycles. The molecular formula is C21H23F2N5O6. The number of carbonyl (C=O) groups excluding carboxylic acids is 3. The van der Waals surface area contributed by atoms with Gasteiger partial charge < -0.3 is 19.1 Å². The van der Waals surface area contributed by atoms with E-state index in [4.69, 9.17) is 9.47 Å². The highest BCUT2D eigenvalue weighted by atomic mass is 19.1. The third-order valence-electron chi connectivity index (χ3n) is 5.64. The number of methoxy groups -OCH3 is 1. The monoisotopic (exact) mass is 479 g/mol. The van der Waals surface area contributed by atoms with E-state index in [0.717, 1.165) is 40.1 Å². The lowest BCUT2D eigenvalue weighted by Crippen LogP contribution is -2.42. The molecule has 2 aliphatic heterocycles. The fourth-order valence-corrected chi connectivity index (χ4v) is 4.00. The first-order chi connectivity index (χ1) is 16.2. The Morgan fingerprint density at radius 3 is 2.59 bits per heavy atom. The van der Waals surface area contributed by atoms with Crippen LogP contribution in [0.15, 0.2) is 18.3 Å². The Labute approximate surface area is 193 Å². The van der Waals surface area contributed by atoms with E-state index in [9.17, 15) is 14.4 Å². The van der Waals surface area contributed by atoms with Gasteiger partial charge in [-0.25, -0.2) is 23.3 Å². The lowest BCUT2D eigenvalue weighted by Gasteiger charge is -2.22. The molecule has 3 heterocycles. The number of fused-ring (bicyclic) bond motifs is 1. The Balaban J connectivity index is 1.48. The smallest absolute Gasteiger partial charge is 0.418 e. The number of cyclic esters (lactones) is 1. The fraction of sp³-hybridized carbons (Fsp3) is 0.429. The van der Waals surface area contributed by atoms with Crippen molar-refractivity contribution >= 4 is 29.5 Å². The molecule has 0 spiro atoms. The number of ether oxygens (including phenoxy) is 3. The van der Waals surface area contributed by atoms with Crippen molar-refractivity contribution < 1.29 is 37.4 Å². The fourth-order valence-electron chi connectivity index (χ4n) is 4.00. The molecule has 0 bridgehead atoms. The van der Waals surface area contributed by atoms with Crippen molar-refractivity contribution in [3.05, 3.63) is 41.2 Å². The average Bonchev–Trinajstić information content (AvgIpc) is 3.45. The Kier molecular flexibility index (Phi) is 6.37. The molecule has 1 unspecified atom stereocenters. The number of nitrogens with zero attached hydrogens (tertiary/aromatic N) is 5. The van der Waals surface area contributed by atoms with E-state index >= 15 is 8.78 Å². The number of aromatic nitrogens is 2. The number of halogens is 2. The SMILES string of the molecule is COCOC(=O)N(CC1CN(c2cc(F)c(N3Cc4cnn(C)c4C3)c(F)c2)C(=O)O1)C(C)=O. The van der Waals surface area contributed by atoms with Gasteiger partial charge in [-0.1, -0.05) is 0 Å². The number of hydrogen-bond acceptors (Lipinski definition) is 8. The molecular weight excluding hydrogens is 456 g/mol. The van der Waals surface area contributed by atoms with Gasteiger partial charge in [0.25, 0.3) is 0 Å². The van der Waals surface area contributed by atoms with Gasteiger partial charge in [-0.2, -0.15) is 5.10 Å². The van der Waals surface area contributed by atoms with E-state index in [1.54, 1.807) is 22.8 Å². The summed E-state index contributed by atoms with van der Waals surface area (Å²) in [5.41, 5.74) is 1.51. The Hall–Kier alpha value is -3.74. The van der Waals surface area contributed by atoms with Gasteiger partial charge in [0.2, 0.25) is 5.91 Å². The third kappa shape index (κ3) is 4.38. The Morgan fingerprint density at radius 1 is 1.26 bits per heavy atom. The Bertz CT molecular complexity index is 1120. The van der Waals surface area contributed by atoms with Crippen molar-refractivity contribution in [3.8, 4) is 0 Å². The molecule has 13 heteroatoms. The van der Waals surface area contributed by atoms with Gasteiger partial charge >= 0.3 is 12.2 Å². The molecule has 1 fully saturated rings. The molecule has 1 aromatic heterocycles. The zero-order valence-corrected chi connectivity index (χ0v) is 18.8. The van der Waals surface area contributed by atoms with Crippen LogP contribution in [0.5, 0.6) is 0 Å². The van der Waals surface area contributed by atoms with Crippen molar-refractivity contribution in [1.82, 2.24) is 14.7 Å². The van der Waals surface area contributed by atoms with Crippen molar-refractivity contribution in [1.29, 1.82) is 0 Å². The molecule has 11 nitrogen and oxygen atoms in total. The van der Waals surface area contributed by atoms with Gasteiger partial charge in [-0.15, -0.1) is 0 Å². The van der Waals surface area contributed by atoms with Crippen molar-refractivity contribution in [2.24, 2.45) is 7.05 Å². The summed E-state index contributed by atoms with van der Waals surface area (Å²) in [6.07, 6.45) is -1.08. The molecule has 3 amide bonds. The van der Waals surface area contributed by atoms with Crippen LogP contribution in [0.25, 0.3) is 0 Å². The predicted octanol–water partition coefficient (Wildman–Crippen LogP) is 2.13. The first kappa shape index (κ1) is 23.4. The van der Waals surface area contributed by atoms with Crippen LogP contribution >= 0.6 is 0 Å². The minimum Gasteiger partial charge on any atom is -0.442 e. The summed E-state index contributed by atoms with van der Waals surface area (Å²) in [5, 5.41) is 4.13.